The third-order valence-corrected chi connectivity index (χ3v) is 14.3. The fourth-order valence-electron chi connectivity index (χ4n) is 11.0. The first-order chi connectivity index (χ1) is 35.2. The van der Waals surface area contributed by atoms with Gasteiger partial charge in [0, 0.05) is 54.8 Å². The third kappa shape index (κ3) is 6.18. The first-order valence-electron chi connectivity index (χ1n) is 24.0. The SMILES string of the molecule is c1ccc(-c2cccc(-c3nc(-c4ccc5c(c4)c4ccccc4n5-c4ccccc4)nc(-c4cc(-n5c6cc7ccccc7cc6c6c7ccccc7ccc65)cc5c4oc4ccccc45)n3)c2)cc1. The van der Waals surface area contributed by atoms with Gasteiger partial charge in [0.1, 0.15) is 11.2 Å². The maximum absolute atomic E-state index is 6.91. The fourth-order valence-corrected chi connectivity index (χ4v) is 11.0. The molecule has 0 unspecified atom stereocenters. The summed E-state index contributed by atoms with van der Waals surface area (Å²) in [4.78, 5) is 16.3. The first kappa shape index (κ1) is 39.4. The van der Waals surface area contributed by atoms with E-state index in [-0.39, 0.29) is 0 Å². The lowest BCUT2D eigenvalue weighted by molar-refractivity contribution is 0.669. The van der Waals surface area contributed by atoms with Crippen LogP contribution in [0.5, 0.6) is 0 Å². The van der Waals surface area contributed by atoms with E-state index in [0.29, 0.717) is 23.1 Å². The van der Waals surface area contributed by atoms with Crippen LogP contribution in [0, 0.1) is 0 Å². The van der Waals surface area contributed by atoms with Crippen LogP contribution in [0.25, 0.3) is 144 Å². The molecule has 0 aliphatic carbocycles. The molecule has 0 fully saturated rings. The highest BCUT2D eigenvalue weighted by Gasteiger charge is 2.23. The normalized spacial score (nSPS) is 11.9. The van der Waals surface area contributed by atoms with Crippen molar-refractivity contribution >= 4 is 87.1 Å². The quantitative estimate of drug-likeness (QED) is 0.167. The van der Waals surface area contributed by atoms with Crippen molar-refractivity contribution in [3.05, 3.63) is 237 Å². The minimum Gasteiger partial charge on any atom is -0.455 e. The molecule has 4 heterocycles. The van der Waals surface area contributed by atoms with Crippen LogP contribution >= 0.6 is 0 Å². The number of aromatic nitrogens is 5. The molecule has 0 amide bonds. The van der Waals surface area contributed by atoms with Crippen molar-refractivity contribution in [1.29, 1.82) is 0 Å². The Morgan fingerprint density at radius 1 is 0.296 bits per heavy atom. The number of furan rings is 1. The van der Waals surface area contributed by atoms with Gasteiger partial charge in [0.2, 0.25) is 0 Å². The van der Waals surface area contributed by atoms with E-state index >= 15 is 0 Å². The Kier molecular flexibility index (Phi) is 8.56. The van der Waals surface area contributed by atoms with Crippen molar-refractivity contribution in [2.45, 2.75) is 0 Å². The largest absolute Gasteiger partial charge is 0.455 e. The fraction of sp³-hybridized carbons (Fsp3) is 0. The van der Waals surface area contributed by atoms with Crippen LogP contribution in [0.3, 0.4) is 0 Å². The summed E-state index contributed by atoms with van der Waals surface area (Å²) in [5.74, 6) is 1.65. The highest BCUT2D eigenvalue weighted by atomic mass is 16.3. The number of para-hydroxylation sites is 3. The van der Waals surface area contributed by atoms with Crippen LogP contribution in [-0.2, 0) is 0 Å². The van der Waals surface area contributed by atoms with Gasteiger partial charge in [-0.15, -0.1) is 0 Å². The molecule has 330 valence electrons. The zero-order chi connectivity index (χ0) is 46.6. The van der Waals surface area contributed by atoms with Gasteiger partial charge in [-0.05, 0) is 112 Å². The maximum atomic E-state index is 6.91. The molecular weight excluding hydrogens is 867 g/mol. The van der Waals surface area contributed by atoms with Crippen molar-refractivity contribution in [2.75, 3.05) is 0 Å². The predicted octanol–water partition coefficient (Wildman–Crippen LogP) is 16.9. The molecule has 0 spiro atoms. The summed E-state index contributed by atoms with van der Waals surface area (Å²) in [5, 5.41) is 11.5. The molecule has 6 nitrogen and oxygen atoms in total. The second kappa shape index (κ2) is 15.4. The van der Waals surface area contributed by atoms with Gasteiger partial charge < -0.3 is 13.6 Å². The zero-order valence-corrected chi connectivity index (χ0v) is 38.2. The van der Waals surface area contributed by atoms with E-state index in [4.69, 9.17) is 19.4 Å². The molecule has 71 heavy (non-hydrogen) atoms. The molecule has 0 atom stereocenters. The van der Waals surface area contributed by atoms with Gasteiger partial charge >= 0.3 is 0 Å². The van der Waals surface area contributed by atoms with Crippen molar-refractivity contribution in [1.82, 2.24) is 24.1 Å². The van der Waals surface area contributed by atoms with Crippen LogP contribution in [0.15, 0.2) is 241 Å². The average molecular weight is 906 g/mol. The van der Waals surface area contributed by atoms with Gasteiger partial charge in [-0.25, -0.2) is 15.0 Å². The second-order valence-corrected chi connectivity index (χ2v) is 18.4. The Balaban J connectivity index is 1.02. The van der Waals surface area contributed by atoms with Crippen LogP contribution in [0.1, 0.15) is 0 Å². The predicted molar refractivity (Wildman–Crippen MR) is 293 cm³/mol. The topological polar surface area (TPSA) is 61.7 Å². The summed E-state index contributed by atoms with van der Waals surface area (Å²) in [5.41, 5.74) is 12.8. The maximum Gasteiger partial charge on any atom is 0.167 e. The van der Waals surface area contributed by atoms with Crippen LogP contribution in [0.2, 0.25) is 0 Å². The Morgan fingerprint density at radius 2 is 0.901 bits per heavy atom. The Bertz CT molecular complexity index is 4640. The van der Waals surface area contributed by atoms with Crippen LogP contribution < -0.4 is 0 Å². The number of hydrogen-bond donors (Lipinski definition) is 0. The molecule has 0 aliphatic rings. The molecule has 0 saturated heterocycles. The molecule has 11 aromatic carbocycles. The summed E-state index contributed by atoms with van der Waals surface area (Å²) in [6.45, 7) is 0. The minimum atomic E-state index is 0.518. The molecule has 0 radical (unpaired) electrons. The molecule has 4 aromatic heterocycles. The van der Waals surface area contributed by atoms with E-state index in [1.807, 2.05) is 18.2 Å². The van der Waals surface area contributed by atoms with E-state index in [9.17, 15) is 0 Å². The number of fused-ring (bicyclic) bond motifs is 12. The lowest BCUT2D eigenvalue weighted by Crippen LogP contribution is -2.02. The highest BCUT2D eigenvalue weighted by molar-refractivity contribution is 6.23. The molecule has 0 N–H and O–H groups in total. The van der Waals surface area contributed by atoms with E-state index in [1.165, 1.54) is 32.3 Å². The van der Waals surface area contributed by atoms with Crippen molar-refractivity contribution < 1.29 is 4.42 Å². The van der Waals surface area contributed by atoms with Gasteiger partial charge in [-0.3, -0.25) is 0 Å². The van der Waals surface area contributed by atoms with E-state index in [2.05, 4.69) is 228 Å². The van der Waals surface area contributed by atoms with Crippen molar-refractivity contribution in [2.24, 2.45) is 0 Å². The number of nitrogens with zero attached hydrogens (tertiary/aromatic N) is 5. The Morgan fingerprint density at radius 3 is 1.73 bits per heavy atom. The average Bonchev–Trinajstić information content (AvgIpc) is 4.10. The Labute approximate surface area is 407 Å². The number of benzene rings is 11. The highest BCUT2D eigenvalue weighted by Crippen LogP contribution is 2.43. The van der Waals surface area contributed by atoms with Crippen molar-refractivity contribution in [3.63, 3.8) is 0 Å². The van der Waals surface area contributed by atoms with E-state index < -0.39 is 0 Å². The lowest BCUT2D eigenvalue weighted by atomic mass is 10.0. The lowest BCUT2D eigenvalue weighted by Gasteiger charge is -2.13. The van der Waals surface area contributed by atoms with Gasteiger partial charge in [0.15, 0.2) is 17.5 Å². The smallest absolute Gasteiger partial charge is 0.167 e. The molecule has 0 saturated carbocycles. The Hall–Kier alpha value is -9.65. The summed E-state index contributed by atoms with van der Waals surface area (Å²) in [6.07, 6.45) is 0. The van der Waals surface area contributed by atoms with Gasteiger partial charge in [-0.1, -0.05) is 158 Å². The molecular formula is C65H39N5O. The first-order valence-corrected chi connectivity index (χ1v) is 24.0. The third-order valence-electron chi connectivity index (χ3n) is 14.3. The standard InChI is InChI=1S/C65H39N5O/c1-3-16-40(17-4-1)42-21-15-22-45(34-42)63-66-64(46-31-32-57-52(36-46)50-26-11-13-28-56(50)69(57)47-23-5-2-6-24-47)68-65(67-63)55-39-48(38-53-51-27-12-14-29-60(51)71-62(53)55)70-58-33-30-41-18-9-10-25-49(41)61(58)54-35-43-19-7-8-20-44(43)37-59(54)70/h1-39H. The molecule has 15 aromatic rings. The van der Waals surface area contributed by atoms with Gasteiger partial charge in [0.25, 0.3) is 0 Å². The second-order valence-electron chi connectivity index (χ2n) is 18.4. The van der Waals surface area contributed by atoms with Crippen LogP contribution in [-0.4, -0.2) is 24.1 Å². The summed E-state index contributed by atoms with van der Waals surface area (Å²) in [6, 6.07) is 83.9. The van der Waals surface area contributed by atoms with Crippen molar-refractivity contribution in [3.8, 4) is 56.7 Å². The zero-order valence-electron chi connectivity index (χ0n) is 38.2. The minimum absolute atomic E-state index is 0.518. The number of hydrogen-bond acceptors (Lipinski definition) is 4. The summed E-state index contributed by atoms with van der Waals surface area (Å²) >= 11 is 0. The molecule has 6 heteroatoms. The van der Waals surface area contributed by atoms with Gasteiger partial charge in [0.05, 0.1) is 27.6 Å². The summed E-state index contributed by atoms with van der Waals surface area (Å²) in [7, 11) is 0. The van der Waals surface area contributed by atoms with E-state index in [0.717, 1.165) is 88.4 Å². The molecule has 0 aliphatic heterocycles. The monoisotopic (exact) mass is 905 g/mol. The summed E-state index contributed by atoms with van der Waals surface area (Å²) < 4.78 is 11.7. The molecule has 15 rings (SSSR count). The van der Waals surface area contributed by atoms with E-state index in [1.54, 1.807) is 0 Å². The molecule has 0 bridgehead atoms. The van der Waals surface area contributed by atoms with Gasteiger partial charge in [-0.2, -0.15) is 0 Å². The van der Waals surface area contributed by atoms with Crippen LogP contribution in [0.4, 0.5) is 0 Å². The number of rotatable bonds is 6.